The average molecular weight is 242 g/mol. The lowest BCUT2D eigenvalue weighted by molar-refractivity contribution is 0.0923. The third kappa shape index (κ3) is 2.89. The first-order valence-corrected chi connectivity index (χ1v) is 6.47. The number of benzene rings is 1. The van der Waals surface area contributed by atoms with E-state index in [0.29, 0.717) is 0 Å². The summed E-state index contributed by atoms with van der Waals surface area (Å²) in [4.78, 5) is 12.1. The van der Waals surface area contributed by atoms with Crippen LogP contribution in [0.4, 0.5) is 0 Å². The van der Waals surface area contributed by atoms with Crippen LogP contribution < -0.4 is 5.32 Å². The topological polar surface area (TPSA) is 52.9 Å². The highest BCUT2D eigenvalue weighted by atomic mass is 16.1. The molecular formula is C15H18N2O. The third-order valence-corrected chi connectivity index (χ3v) is 3.58. The molecule has 3 nitrogen and oxygen atoms in total. The number of hydrogen-bond donors (Lipinski definition) is 1. The van der Waals surface area contributed by atoms with Gasteiger partial charge in [-0.3, -0.25) is 4.79 Å². The van der Waals surface area contributed by atoms with Gasteiger partial charge in [0.25, 0.3) is 5.91 Å². The van der Waals surface area contributed by atoms with Crippen LogP contribution in [0.25, 0.3) is 0 Å². The molecule has 1 fully saturated rings. The summed E-state index contributed by atoms with van der Waals surface area (Å²) in [6.07, 6.45) is 3.76. The highest BCUT2D eigenvalue weighted by Gasteiger charge is 2.23. The molecule has 1 N–H and O–H groups in total. The van der Waals surface area contributed by atoms with Crippen molar-refractivity contribution in [2.75, 3.05) is 0 Å². The lowest BCUT2D eigenvalue weighted by Crippen LogP contribution is -2.38. The van der Waals surface area contributed by atoms with Crippen molar-refractivity contribution < 1.29 is 4.79 Å². The molecular weight excluding hydrogens is 224 g/mol. The Morgan fingerprint density at radius 2 is 2.17 bits per heavy atom. The van der Waals surface area contributed by atoms with Gasteiger partial charge < -0.3 is 5.32 Å². The van der Waals surface area contributed by atoms with Gasteiger partial charge in [-0.2, -0.15) is 5.26 Å². The van der Waals surface area contributed by atoms with E-state index in [1.807, 2.05) is 31.2 Å². The molecule has 2 rings (SSSR count). The number of carbonyl (C=O) groups excluding carboxylic acids is 1. The van der Waals surface area contributed by atoms with E-state index in [2.05, 4.69) is 11.4 Å². The van der Waals surface area contributed by atoms with Crippen molar-refractivity contribution in [1.29, 1.82) is 5.26 Å². The quantitative estimate of drug-likeness (QED) is 0.867. The molecule has 0 aromatic heterocycles. The second-order valence-corrected chi connectivity index (χ2v) is 4.98. The van der Waals surface area contributed by atoms with Crippen molar-refractivity contribution in [1.82, 2.24) is 5.32 Å². The highest BCUT2D eigenvalue weighted by molar-refractivity contribution is 5.95. The Labute approximate surface area is 108 Å². The Bertz CT molecular complexity index is 476. The smallest absolute Gasteiger partial charge is 0.251 e. The van der Waals surface area contributed by atoms with Gasteiger partial charge in [-0.25, -0.2) is 0 Å². The molecule has 3 heteroatoms. The summed E-state index contributed by atoms with van der Waals surface area (Å²) >= 11 is 0. The molecule has 1 aromatic rings. The molecule has 0 aliphatic heterocycles. The Morgan fingerprint density at radius 1 is 1.39 bits per heavy atom. The lowest BCUT2D eigenvalue weighted by Gasteiger charge is -2.26. The second kappa shape index (κ2) is 5.68. The predicted octanol–water partition coefficient (Wildman–Crippen LogP) is 2.81. The first-order valence-electron chi connectivity index (χ1n) is 6.47. The summed E-state index contributed by atoms with van der Waals surface area (Å²) in [6, 6.07) is 10.0. The Balaban J connectivity index is 2.00. The SMILES string of the molecule is Cc1ccccc1C(=O)N[C@@H]1CCC[C@@H](C#N)C1. The van der Waals surface area contributed by atoms with Crippen molar-refractivity contribution in [3.05, 3.63) is 35.4 Å². The van der Waals surface area contributed by atoms with Crippen molar-refractivity contribution >= 4 is 5.91 Å². The van der Waals surface area contributed by atoms with Crippen LogP contribution in [0, 0.1) is 24.2 Å². The zero-order chi connectivity index (χ0) is 13.0. The molecule has 0 spiro atoms. The van der Waals surface area contributed by atoms with Crippen LogP contribution in [-0.2, 0) is 0 Å². The fourth-order valence-corrected chi connectivity index (χ4v) is 2.53. The lowest BCUT2D eigenvalue weighted by atomic mass is 9.86. The highest BCUT2D eigenvalue weighted by Crippen LogP contribution is 2.23. The maximum atomic E-state index is 12.1. The van der Waals surface area contributed by atoms with E-state index >= 15 is 0 Å². The standard InChI is InChI=1S/C15H18N2O/c1-11-5-2-3-8-14(11)15(18)17-13-7-4-6-12(9-13)10-16/h2-3,5,8,12-13H,4,6-7,9H2,1H3,(H,17,18)/t12-,13-/m1/s1. The van der Waals surface area contributed by atoms with Crippen molar-refractivity contribution in [3.8, 4) is 6.07 Å². The molecule has 1 aliphatic rings. The molecule has 94 valence electrons. The van der Waals surface area contributed by atoms with E-state index in [0.717, 1.165) is 36.8 Å². The van der Waals surface area contributed by atoms with E-state index in [1.165, 1.54) is 0 Å². The number of nitrogens with one attached hydrogen (secondary N) is 1. The van der Waals surface area contributed by atoms with E-state index in [9.17, 15) is 4.79 Å². The van der Waals surface area contributed by atoms with Gasteiger partial charge in [-0.1, -0.05) is 24.6 Å². The van der Waals surface area contributed by atoms with Gasteiger partial charge in [0.1, 0.15) is 0 Å². The molecule has 0 bridgehead atoms. The molecule has 0 unspecified atom stereocenters. The minimum Gasteiger partial charge on any atom is -0.349 e. The number of nitriles is 1. The maximum absolute atomic E-state index is 12.1. The van der Waals surface area contributed by atoms with E-state index in [-0.39, 0.29) is 17.9 Å². The van der Waals surface area contributed by atoms with Crippen LogP contribution in [0.5, 0.6) is 0 Å². The molecule has 1 saturated carbocycles. The monoisotopic (exact) mass is 242 g/mol. The van der Waals surface area contributed by atoms with Gasteiger partial charge >= 0.3 is 0 Å². The molecule has 1 aromatic carbocycles. The Hall–Kier alpha value is -1.82. The van der Waals surface area contributed by atoms with Gasteiger partial charge in [-0.15, -0.1) is 0 Å². The molecule has 2 atom stereocenters. The number of rotatable bonds is 2. The van der Waals surface area contributed by atoms with Gasteiger partial charge in [-0.05, 0) is 37.8 Å². The number of hydrogen-bond acceptors (Lipinski definition) is 2. The van der Waals surface area contributed by atoms with Crippen LogP contribution in [0.15, 0.2) is 24.3 Å². The van der Waals surface area contributed by atoms with Gasteiger partial charge in [0, 0.05) is 17.5 Å². The van der Waals surface area contributed by atoms with Gasteiger partial charge in [0.2, 0.25) is 0 Å². The molecule has 0 saturated heterocycles. The van der Waals surface area contributed by atoms with Gasteiger partial charge in [0.05, 0.1) is 6.07 Å². The van der Waals surface area contributed by atoms with E-state index < -0.39 is 0 Å². The van der Waals surface area contributed by atoms with E-state index in [1.54, 1.807) is 0 Å². The minimum absolute atomic E-state index is 0.0170. The third-order valence-electron chi connectivity index (χ3n) is 3.58. The molecule has 0 radical (unpaired) electrons. The summed E-state index contributed by atoms with van der Waals surface area (Å²) in [5, 5.41) is 12.0. The average Bonchev–Trinajstić information content (AvgIpc) is 2.39. The van der Waals surface area contributed by atoms with E-state index in [4.69, 9.17) is 5.26 Å². The predicted molar refractivity (Wildman–Crippen MR) is 70.0 cm³/mol. The maximum Gasteiger partial charge on any atom is 0.251 e. The van der Waals surface area contributed by atoms with Crippen LogP contribution in [-0.4, -0.2) is 11.9 Å². The zero-order valence-electron chi connectivity index (χ0n) is 10.6. The fourth-order valence-electron chi connectivity index (χ4n) is 2.53. The summed E-state index contributed by atoms with van der Waals surface area (Å²) in [7, 11) is 0. The second-order valence-electron chi connectivity index (χ2n) is 4.98. The Morgan fingerprint density at radius 3 is 2.89 bits per heavy atom. The number of amides is 1. The Kier molecular flexibility index (Phi) is 3.99. The number of aryl methyl sites for hydroxylation is 1. The molecule has 1 aliphatic carbocycles. The molecule has 18 heavy (non-hydrogen) atoms. The summed E-state index contributed by atoms with van der Waals surface area (Å²) in [6.45, 7) is 1.94. The van der Waals surface area contributed by atoms with Crippen molar-refractivity contribution in [2.45, 2.75) is 38.6 Å². The first kappa shape index (κ1) is 12.6. The van der Waals surface area contributed by atoms with Gasteiger partial charge in [0.15, 0.2) is 0 Å². The minimum atomic E-state index is -0.0170. The normalized spacial score (nSPS) is 23.1. The first-order chi connectivity index (χ1) is 8.70. The van der Waals surface area contributed by atoms with Crippen molar-refractivity contribution in [2.24, 2.45) is 5.92 Å². The summed E-state index contributed by atoms with van der Waals surface area (Å²) in [5.41, 5.74) is 1.72. The fraction of sp³-hybridized carbons (Fsp3) is 0.467. The van der Waals surface area contributed by atoms with Crippen LogP contribution >= 0.6 is 0 Å². The largest absolute Gasteiger partial charge is 0.349 e. The van der Waals surface area contributed by atoms with Crippen LogP contribution in [0.1, 0.15) is 41.6 Å². The van der Waals surface area contributed by atoms with Crippen molar-refractivity contribution in [3.63, 3.8) is 0 Å². The zero-order valence-corrected chi connectivity index (χ0v) is 10.6. The number of nitrogens with zero attached hydrogens (tertiary/aromatic N) is 1. The molecule has 0 heterocycles. The number of carbonyl (C=O) groups is 1. The van der Waals surface area contributed by atoms with Crippen LogP contribution in [0.2, 0.25) is 0 Å². The van der Waals surface area contributed by atoms with Crippen LogP contribution in [0.3, 0.4) is 0 Å². The summed E-state index contributed by atoms with van der Waals surface area (Å²) in [5.74, 6) is 0.0811. The summed E-state index contributed by atoms with van der Waals surface area (Å²) < 4.78 is 0. The molecule has 1 amide bonds.